The second-order valence-corrected chi connectivity index (χ2v) is 9.16. The van der Waals surface area contributed by atoms with Gasteiger partial charge in [0.05, 0.1) is 17.7 Å². The van der Waals surface area contributed by atoms with Crippen LogP contribution in [0, 0.1) is 0 Å². The van der Waals surface area contributed by atoms with E-state index in [1.807, 2.05) is 49.0 Å². The molecule has 1 aromatic rings. The predicted molar refractivity (Wildman–Crippen MR) is 115 cm³/mol. The largest absolute Gasteiger partial charge is 0.388 e. The van der Waals surface area contributed by atoms with Gasteiger partial charge in [-0.2, -0.15) is 11.8 Å². The van der Waals surface area contributed by atoms with Crippen LogP contribution >= 0.6 is 11.8 Å². The van der Waals surface area contributed by atoms with Crippen molar-refractivity contribution in [3.8, 4) is 0 Å². The first-order chi connectivity index (χ1) is 13.4. The summed E-state index contributed by atoms with van der Waals surface area (Å²) in [5.41, 5.74) is 0.0438. The molecule has 2 saturated heterocycles. The van der Waals surface area contributed by atoms with Crippen molar-refractivity contribution in [3.63, 3.8) is 0 Å². The van der Waals surface area contributed by atoms with Crippen LogP contribution in [0.25, 0.3) is 6.08 Å². The summed E-state index contributed by atoms with van der Waals surface area (Å²) in [6, 6.07) is 9.73. The summed E-state index contributed by atoms with van der Waals surface area (Å²) in [4.78, 5) is 15.0. The SMILES string of the molecule is CSCCN1CCC2(CC1)C[C@@](C)(NC(=O)C=Cc1ccccc1)[C@H](O)CO2. The van der Waals surface area contributed by atoms with Crippen LogP contribution in [0.15, 0.2) is 36.4 Å². The summed E-state index contributed by atoms with van der Waals surface area (Å²) in [6.45, 7) is 5.33. The van der Waals surface area contributed by atoms with E-state index in [1.165, 1.54) is 0 Å². The molecule has 2 aliphatic rings. The topological polar surface area (TPSA) is 61.8 Å². The van der Waals surface area contributed by atoms with Gasteiger partial charge in [-0.25, -0.2) is 0 Å². The molecule has 2 heterocycles. The molecule has 2 N–H and O–H groups in total. The number of hydrogen-bond acceptors (Lipinski definition) is 5. The number of nitrogens with one attached hydrogen (secondary N) is 1. The number of nitrogens with zero attached hydrogens (tertiary/aromatic N) is 1. The summed E-state index contributed by atoms with van der Waals surface area (Å²) in [6.07, 6.45) is 7.30. The molecule has 154 valence electrons. The lowest BCUT2D eigenvalue weighted by atomic mass is 9.74. The Kier molecular flexibility index (Phi) is 7.20. The molecule has 0 aliphatic carbocycles. The summed E-state index contributed by atoms with van der Waals surface area (Å²) in [5.74, 6) is 0.966. The van der Waals surface area contributed by atoms with Crippen LogP contribution < -0.4 is 5.32 Å². The number of rotatable bonds is 6. The molecule has 0 saturated carbocycles. The number of hydrogen-bond donors (Lipinski definition) is 2. The number of piperidine rings is 1. The van der Waals surface area contributed by atoms with Crippen molar-refractivity contribution >= 4 is 23.7 Å². The Morgan fingerprint density at radius 2 is 2.07 bits per heavy atom. The van der Waals surface area contributed by atoms with Crippen LogP contribution in [0.2, 0.25) is 0 Å². The fraction of sp³-hybridized carbons (Fsp3) is 0.591. The number of amides is 1. The minimum absolute atomic E-state index is 0.181. The summed E-state index contributed by atoms with van der Waals surface area (Å²) >= 11 is 1.87. The van der Waals surface area contributed by atoms with Gasteiger partial charge in [0.25, 0.3) is 0 Å². The van der Waals surface area contributed by atoms with Gasteiger partial charge >= 0.3 is 0 Å². The summed E-state index contributed by atoms with van der Waals surface area (Å²) < 4.78 is 6.13. The Morgan fingerprint density at radius 1 is 1.36 bits per heavy atom. The Morgan fingerprint density at radius 3 is 2.75 bits per heavy atom. The molecule has 1 aromatic carbocycles. The third-order valence-electron chi connectivity index (χ3n) is 5.99. The van der Waals surface area contributed by atoms with Gasteiger partial charge < -0.3 is 20.1 Å². The van der Waals surface area contributed by atoms with Gasteiger partial charge in [0.15, 0.2) is 0 Å². The van der Waals surface area contributed by atoms with Crippen LogP contribution in [0.5, 0.6) is 0 Å². The van der Waals surface area contributed by atoms with Gasteiger partial charge in [-0.05, 0) is 37.7 Å². The van der Waals surface area contributed by atoms with Crippen molar-refractivity contribution in [2.45, 2.75) is 43.4 Å². The van der Waals surface area contributed by atoms with E-state index in [1.54, 1.807) is 12.2 Å². The lowest BCUT2D eigenvalue weighted by Crippen LogP contribution is -2.65. The molecule has 0 unspecified atom stereocenters. The zero-order chi connectivity index (χ0) is 20.0. The molecule has 2 fully saturated rings. The van der Waals surface area contributed by atoms with Gasteiger partial charge in [0.1, 0.15) is 6.10 Å². The third kappa shape index (κ3) is 5.38. The number of ether oxygens (including phenoxy) is 1. The molecule has 0 aromatic heterocycles. The highest BCUT2D eigenvalue weighted by Gasteiger charge is 2.49. The zero-order valence-electron chi connectivity index (χ0n) is 16.9. The maximum atomic E-state index is 12.5. The number of carbonyl (C=O) groups is 1. The molecule has 2 aliphatic heterocycles. The molecule has 0 bridgehead atoms. The number of carbonyl (C=O) groups excluding carboxylic acids is 1. The van der Waals surface area contributed by atoms with E-state index in [-0.39, 0.29) is 18.1 Å². The zero-order valence-corrected chi connectivity index (χ0v) is 17.7. The number of aliphatic hydroxyl groups is 1. The van der Waals surface area contributed by atoms with E-state index < -0.39 is 11.6 Å². The van der Waals surface area contributed by atoms with Crippen molar-refractivity contribution in [3.05, 3.63) is 42.0 Å². The number of thioether (sulfide) groups is 1. The van der Waals surface area contributed by atoms with Crippen LogP contribution in [0.3, 0.4) is 0 Å². The Labute approximate surface area is 172 Å². The molecular weight excluding hydrogens is 372 g/mol. The lowest BCUT2D eigenvalue weighted by Gasteiger charge is -2.52. The summed E-state index contributed by atoms with van der Waals surface area (Å²) in [7, 11) is 0. The molecular formula is C22H32N2O3S. The maximum absolute atomic E-state index is 12.5. The number of benzene rings is 1. The molecule has 3 rings (SSSR count). The normalized spacial score (nSPS) is 27.9. The smallest absolute Gasteiger partial charge is 0.244 e. The van der Waals surface area contributed by atoms with E-state index in [9.17, 15) is 9.90 Å². The van der Waals surface area contributed by atoms with Crippen LogP contribution in [0.4, 0.5) is 0 Å². The van der Waals surface area contributed by atoms with E-state index in [0.29, 0.717) is 6.42 Å². The Hall–Kier alpha value is -1.34. The highest BCUT2D eigenvalue weighted by molar-refractivity contribution is 7.98. The fourth-order valence-corrected chi connectivity index (χ4v) is 4.63. The van der Waals surface area contributed by atoms with Crippen molar-refractivity contribution < 1.29 is 14.6 Å². The first-order valence-electron chi connectivity index (χ1n) is 10.0. The predicted octanol–water partition coefficient (Wildman–Crippen LogP) is 2.55. The molecule has 6 heteroatoms. The maximum Gasteiger partial charge on any atom is 0.244 e. The first-order valence-corrected chi connectivity index (χ1v) is 11.4. The van der Waals surface area contributed by atoms with E-state index in [0.717, 1.165) is 43.8 Å². The lowest BCUT2D eigenvalue weighted by molar-refractivity contribution is -0.180. The second kappa shape index (κ2) is 9.44. The third-order valence-corrected chi connectivity index (χ3v) is 6.58. The van der Waals surface area contributed by atoms with Gasteiger partial charge in [0, 0.05) is 37.9 Å². The minimum atomic E-state index is -0.707. The quantitative estimate of drug-likeness (QED) is 0.714. The molecule has 0 radical (unpaired) electrons. The highest BCUT2D eigenvalue weighted by atomic mass is 32.2. The van der Waals surface area contributed by atoms with Crippen molar-refractivity contribution in [2.24, 2.45) is 0 Å². The Bertz CT molecular complexity index is 674. The molecule has 5 nitrogen and oxygen atoms in total. The van der Waals surface area contributed by atoms with Gasteiger partial charge in [-0.15, -0.1) is 0 Å². The van der Waals surface area contributed by atoms with Crippen molar-refractivity contribution in [2.75, 3.05) is 38.2 Å². The fourth-order valence-electron chi connectivity index (χ4n) is 4.19. The molecule has 28 heavy (non-hydrogen) atoms. The monoisotopic (exact) mass is 404 g/mol. The average molecular weight is 405 g/mol. The Balaban J connectivity index is 1.60. The number of likely N-dealkylation sites (tertiary alicyclic amines) is 1. The van der Waals surface area contributed by atoms with E-state index in [4.69, 9.17) is 4.74 Å². The molecule has 1 spiro atoms. The van der Waals surface area contributed by atoms with Crippen LogP contribution in [-0.2, 0) is 9.53 Å². The van der Waals surface area contributed by atoms with Crippen LogP contribution in [-0.4, -0.2) is 71.4 Å². The van der Waals surface area contributed by atoms with E-state index >= 15 is 0 Å². The second-order valence-electron chi connectivity index (χ2n) is 8.17. The van der Waals surface area contributed by atoms with Gasteiger partial charge in [0.2, 0.25) is 5.91 Å². The van der Waals surface area contributed by atoms with Crippen molar-refractivity contribution in [1.29, 1.82) is 0 Å². The molecule has 2 atom stereocenters. The van der Waals surface area contributed by atoms with E-state index in [2.05, 4.69) is 16.5 Å². The standard InChI is InChI=1S/C22H32N2O3S/c1-21(23-20(26)9-8-18-6-4-3-5-7-18)17-22(27-16-19(21)25)10-12-24(13-11-22)14-15-28-2/h3-9,19,25H,10-17H2,1-2H3,(H,23,26)/t19-,21-/m1/s1. The summed E-state index contributed by atoms with van der Waals surface area (Å²) in [5, 5.41) is 13.6. The van der Waals surface area contributed by atoms with Gasteiger partial charge in [-0.3, -0.25) is 4.79 Å². The average Bonchev–Trinajstić information content (AvgIpc) is 2.70. The minimum Gasteiger partial charge on any atom is -0.388 e. The van der Waals surface area contributed by atoms with Crippen LogP contribution in [0.1, 0.15) is 31.7 Å². The number of aliphatic hydroxyl groups excluding tert-OH is 1. The first kappa shape index (κ1) is 21.4. The van der Waals surface area contributed by atoms with Crippen molar-refractivity contribution in [1.82, 2.24) is 10.2 Å². The van der Waals surface area contributed by atoms with Gasteiger partial charge in [-0.1, -0.05) is 30.3 Å². The highest BCUT2D eigenvalue weighted by Crippen LogP contribution is 2.39. The molecule has 1 amide bonds.